The zero-order chi connectivity index (χ0) is 26.7. The average Bonchev–Trinajstić information content (AvgIpc) is 3.73. The minimum absolute atomic E-state index is 0.0402. The summed E-state index contributed by atoms with van der Waals surface area (Å²) < 4.78 is 3.29. The molecule has 1 aliphatic rings. The predicted octanol–water partition coefficient (Wildman–Crippen LogP) is 3.64. The Morgan fingerprint density at radius 3 is 2.82 bits per heavy atom. The Morgan fingerprint density at radius 1 is 1.10 bits per heavy atom. The van der Waals surface area contributed by atoms with Crippen LogP contribution < -0.4 is 5.56 Å². The van der Waals surface area contributed by atoms with Gasteiger partial charge in [0.15, 0.2) is 5.69 Å². The van der Waals surface area contributed by atoms with Gasteiger partial charge < -0.3 is 14.7 Å². The maximum absolute atomic E-state index is 13.4. The molecule has 39 heavy (non-hydrogen) atoms. The van der Waals surface area contributed by atoms with Crippen LogP contribution in [0.4, 0.5) is 0 Å². The van der Waals surface area contributed by atoms with Crippen LogP contribution in [-0.2, 0) is 6.42 Å². The van der Waals surface area contributed by atoms with Gasteiger partial charge in [0.2, 0.25) is 0 Å². The number of hydrogen-bond acceptors (Lipinski definition) is 7. The number of tetrazole rings is 1. The number of imidazole rings is 1. The van der Waals surface area contributed by atoms with Crippen molar-refractivity contribution < 1.29 is 9.90 Å². The van der Waals surface area contributed by atoms with Crippen LogP contribution >= 0.6 is 11.6 Å². The molecule has 0 radical (unpaired) electrons. The molecular weight excluding hydrogens is 522 g/mol. The second-order valence-electron chi connectivity index (χ2n) is 9.23. The van der Waals surface area contributed by atoms with Crippen molar-refractivity contribution >= 4 is 28.5 Å². The number of aromatic amines is 2. The van der Waals surface area contributed by atoms with E-state index in [1.54, 1.807) is 41.1 Å². The lowest BCUT2D eigenvalue weighted by molar-refractivity contribution is 0.0692. The quantitative estimate of drug-likeness (QED) is 0.299. The number of carboxylic acid groups (broad SMARTS) is 1. The average molecular weight is 540 g/mol. The zero-order valence-electron chi connectivity index (χ0n) is 20.0. The van der Waals surface area contributed by atoms with Crippen molar-refractivity contribution in [2.45, 2.75) is 18.9 Å². The summed E-state index contributed by atoms with van der Waals surface area (Å²) in [4.78, 5) is 32.9. The van der Waals surface area contributed by atoms with Gasteiger partial charge in [-0.3, -0.25) is 9.89 Å². The third kappa shape index (κ3) is 3.80. The molecule has 4 aromatic heterocycles. The molecule has 7 rings (SSSR count). The molecule has 1 atom stereocenters. The van der Waals surface area contributed by atoms with Crippen molar-refractivity contribution in [2.75, 3.05) is 0 Å². The number of rotatable bonds is 5. The molecular formula is C26H18ClN9O3. The first kappa shape index (κ1) is 23.0. The normalized spacial score (nSPS) is 14.6. The molecule has 2 aromatic carbocycles. The molecule has 12 nitrogen and oxygen atoms in total. The third-order valence-corrected chi connectivity index (χ3v) is 7.22. The van der Waals surface area contributed by atoms with Gasteiger partial charge in [-0.25, -0.2) is 9.78 Å². The summed E-state index contributed by atoms with van der Waals surface area (Å²) >= 11 is 6.30. The van der Waals surface area contributed by atoms with Gasteiger partial charge in [0.1, 0.15) is 12.2 Å². The number of nitrogens with zero attached hydrogens (tertiary/aromatic N) is 7. The van der Waals surface area contributed by atoms with E-state index >= 15 is 0 Å². The summed E-state index contributed by atoms with van der Waals surface area (Å²) in [7, 11) is 0. The summed E-state index contributed by atoms with van der Waals surface area (Å²) in [5.74, 6) is -0.450. The van der Waals surface area contributed by atoms with Gasteiger partial charge in [-0.1, -0.05) is 17.7 Å². The van der Waals surface area contributed by atoms with Crippen LogP contribution in [0.1, 0.15) is 34.5 Å². The van der Waals surface area contributed by atoms with E-state index < -0.39 is 5.97 Å². The Hall–Kier alpha value is -5.10. The van der Waals surface area contributed by atoms with E-state index in [-0.39, 0.29) is 17.3 Å². The minimum Gasteiger partial charge on any atom is -0.476 e. The number of hydrogen-bond donors (Lipinski definition) is 3. The highest BCUT2D eigenvalue weighted by Crippen LogP contribution is 2.34. The van der Waals surface area contributed by atoms with Crippen LogP contribution in [0.2, 0.25) is 5.02 Å². The first-order valence-corrected chi connectivity index (χ1v) is 12.4. The molecule has 13 heteroatoms. The fourth-order valence-corrected chi connectivity index (χ4v) is 5.39. The van der Waals surface area contributed by atoms with Crippen LogP contribution in [0.3, 0.4) is 0 Å². The highest BCUT2D eigenvalue weighted by atomic mass is 35.5. The molecule has 1 aliphatic heterocycles. The number of pyridine rings is 1. The summed E-state index contributed by atoms with van der Waals surface area (Å²) in [6.45, 7) is 0. The lowest BCUT2D eigenvalue weighted by Gasteiger charge is -2.15. The number of halogens is 1. The lowest BCUT2D eigenvalue weighted by atomic mass is 10.0. The van der Waals surface area contributed by atoms with Crippen LogP contribution in [0.25, 0.3) is 39.0 Å². The summed E-state index contributed by atoms with van der Waals surface area (Å²) in [5, 5.41) is 28.5. The number of carbonyl (C=O) groups is 1. The van der Waals surface area contributed by atoms with Crippen LogP contribution in [-0.4, -0.2) is 56.0 Å². The third-order valence-electron chi connectivity index (χ3n) is 6.99. The molecule has 0 unspecified atom stereocenters. The predicted molar refractivity (Wildman–Crippen MR) is 141 cm³/mol. The molecule has 0 spiro atoms. The first-order valence-electron chi connectivity index (χ1n) is 12.0. The molecule has 0 saturated heterocycles. The number of nitrogens with one attached hydrogen (secondary N) is 2. The topological polar surface area (TPSA) is 160 Å². The largest absolute Gasteiger partial charge is 0.476 e. The Bertz CT molecular complexity index is 1960. The second-order valence-corrected chi connectivity index (χ2v) is 9.67. The molecule has 0 bridgehead atoms. The van der Waals surface area contributed by atoms with E-state index in [0.29, 0.717) is 46.0 Å². The summed E-state index contributed by atoms with van der Waals surface area (Å²) in [6.07, 6.45) is 4.57. The lowest BCUT2D eigenvalue weighted by Crippen LogP contribution is -2.23. The van der Waals surface area contributed by atoms with E-state index in [1.165, 1.54) is 11.0 Å². The van der Waals surface area contributed by atoms with Crippen molar-refractivity contribution in [1.82, 2.24) is 44.9 Å². The highest BCUT2D eigenvalue weighted by Gasteiger charge is 2.28. The van der Waals surface area contributed by atoms with Gasteiger partial charge in [-0.05, 0) is 65.2 Å². The van der Waals surface area contributed by atoms with Crippen molar-refractivity contribution in [1.29, 1.82) is 0 Å². The standard InChI is InChI=1S/C26H18ClN9O3/c27-15-2-5-21(35-12-29-33-34-35)17(10-15)14-7-16-3-6-22(36(16)23(37)9-14)25-28-11-20(30-25)13-1-4-19-18(8-13)24(26(38)39)32-31-19/h1-2,4-5,7-12,22H,3,6H2,(H,28,30)(H,31,32)(H,38,39)/t22-/m0/s1. The van der Waals surface area contributed by atoms with Crippen LogP contribution in [0, 0.1) is 0 Å². The molecule has 192 valence electrons. The highest BCUT2D eigenvalue weighted by molar-refractivity contribution is 6.31. The van der Waals surface area contributed by atoms with Gasteiger partial charge >= 0.3 is 5.97 Å². The minimum atomic E-state index is -1.10. The number of fused-ring (bicyclic) bond motifs is 2. The van der Waals surface area contributed by atoms with Crippen LogP contribution in [0.15, 0.2) is 65.8 Å². The molecule has 5 heterocycles. The van der Waals surface area contributed by atoms with Crippen molar-refractivity contribution in [3.8, 4) is 28.1 Å². The van der Waals surface area contributed by atoms with Gasteiger partial charge in [0, 0.05) is 33.3 Å². The molecule has 0 saturated carbocycles. The monoisotopic (exact) mass is 539 g/mol. The molecule has 0 aliphatic carbocycles. The maximum Gasteiger partial charge on any atom is 0.357 e. The van der Waals surface area contributed by atoms with Crippen molar-refractivity contribution in [3.05, 3.63) is 93.6 Å². The van der Waals surface area contributed by atoms with Gasteiger partial charge in [0.25, 0.3) is 5.56 Å². The van der Waals surface area contributed by atoms with E-state index in [9.17, 15) is 14.7 Å². The smallest absolute Gasteiger partial charge is 0.357 e. The molecule has 6 aromatic rings. The zero-order valence-corrected chi connectivity index (χ0v) is 20.8. The molecule has 0 amide bonds. The van der Waals surface area contributed by atoms with E-state index in [4.69, 9.17) is 11.6 Å². The second kappa shape index (κ2) is 8.74. The Kier molecular flexibility index (Phi) is 5.16. The van der Waals surface area contributed by atoms with E-state index in [1.807, 2.05) is 18.2 Å². The van der Waals surface area contributed by atoms with Crippen LogP contribution in [0.5, 0.6) is 0 Å². The Morgan fingerprint density at radius 2 is 2.00 bits per heavy atom. The van der Waals surface area contributed by atoms with E-state index in [2.05, 4.69) is 35.7 Å². The number of carboxylic acids is 1. The number of H-pyrrole nitrogens is 2. The number of aromatic carboxylic acids is 1. The van der Waals surface area contributed by atoms with Crippen molar-refractivity contribution in [3.63, 3.8) is 0 Å². The fraction of sp³-hybridized carbons (Fsp3) is 0.115. The SMILES string of the molecule is O=C(O)c1n[nH]c2ccc(-c3cnc([C@@H]4CCc5cc(-c6cc(Cl)ccc6-n6cnnn6)cc(=O)n54)[nH]3)cc12. The number of benzene rings is 2. The van der Waals surface area contributed by atoms with Crippen molar-refractivity contribution in [2.24, 2.45) is 0 Å². The summed E-state index contributed by atoms with van der Waals surface area (Å²) in [6, 6.07) is 14.1. The van der Waals surface area contributed by atoms with E-state index in [0.717, 1.165) is 22.4 Å². The molecule has 0 fully saturated rings. The maximum atomic E-state index is 13.4. The van der Waals surface area contributed by atoms with Gasteiger partial charge in [-0.2, -0.15) is 9.78 Å². The van der Waals surface area contributed by atoms with Gasteiger partial charge in [0.05, 0.1) is 29.1 Å². The number of aryl methyl sites for hydroxylation is 1. The molecule has 3 N–H and O–H groups in total. The Labute approximate surface area is 223 Å². The summed E-state index contributed by atoms with van der Waals surface area (Å²) in [5.41, 5.74) is 4.98. The van der Waals surface area contributed by atoms with Gasteiger partial charge in [-0.15, -0.1) is 5.10 Å². The fourth-order valence-electron chi connectivity index (χ4n) is 5.22. The number of aromatic nitrogens is 9. The first-order chi connectivity index (χ1) is 19.0. The Balaban J connectivity index is 1.25.